The summed E-state index contributed by atoms with van der Waals surface area (Å²) in [6.45, 7) is 1.96. The Morgan fingerprint density at radius 1 is 1.20 bits per heavy atom. The van der Waals surface area contributed by atoms with Crippen molar-refractivity contribution in [1.82, 2.24) is 24.7 Å². The Bertz CT molecular complexity index is 1410. The molecule has 0 amide bonds. The SMILES string of the molecule is CCC1CCS(=O)(=O)C1n1nc(-c2ccc3oc(N)nc3c2)c2c(N)nc(N)nc21. The van der Waals surface area contributed by atoms with Crippen molar-refractivity contribution in [2.75, 3.05) is 23.0 Å². The highest BCUT2D eigenvalue weighted by Crippen LogP contribution is 2.41. The fourth-order valence-electron chi connectivity index (χ4n) is 4.18. The second-order valence-corrected chi connectivity index (χ2v) is 9.62. The van der Waals surface area contributed by atoms with Gasteiger partial charge in [-0.25, -0.2) is 13.1 Å². The highest BCUT2D eigenvalue weighted by molar-refractivity contribution is 7.91. The molecule has 2 unspecified atom stereocenters. The number of hydrogen-bond donors (Lipinski definition) is 3. The lowest BCUT2D eigenvalue weighted by Crippen LogP contribution is -2.22. The smallest absolute Gasteiger partial charge is 0.292 e. The summed E-state index contributed by atoms with van der Waals surface area (Å²) in [6, 6.07) is 5.29. The van der Waals surface area contributed by atoms with E-state index in [0.717, 1.165) is 0 Å². The highest BCUT2D eigenvalue weighted by atomic mass is 32.2. The van der Waals surface area contributed by atoms with E-state index in [-0.39, 0.29) is 29.5 Å². The number of nitrogens with two attached hydrogens (primary N) is 3. The van der Waals surface area contributed by atoms with E-state index in [0.29, 0.717) is 46.2 Å². The van der Waals surface area contributed by atoms with E-state index < -0.39 is 15.2 Å². The molecule has 2 atom stereocenters. The van der Waals surface area contributed by atoms with Gasteiger partial charge < -0.3 is 21.6 Å². The second-order valence-electron chi connectivity index (χ2n) is 7.41. The zero-order valence-electron chi connectivity index (χ0n) is 16.1. The van der Waals surface area contributed by atoms with Crippen molar-refractivity contribution in [3.05, 3.63) is 18.2 Å². The van der Waals surface area contributed by atoms with Crippen LogP contribution in [0.3, 0.4) is 0 Å². The van der Waals surface area contributed by atoms with Gasteiger partial charge in [0.25, 0.3) is 6.01 Å². The predicted molar refractivity (Wildman–Crippen MR) is 113 cm³/mol. The molecular weight excluding hydrogens is 408 g/mol. The molecule has 0 aliphatic carbocycles. The molecular formula is C18H20N8O3S. The van der Waals surface area contributed by atoms with Gasteiger partial charge in [-0.05, 0) is 30.5 Å². The highest BCUT2D eigenvalue weighted by Gasteiger charge is 2.42. The number of nitrogen functional groups attached to an aromatic ring is 3. The van der Waals surface area contributed by atoms with Gasteiger partial charge in [-0.1, -0.05) is 13.3 Å². The average Bonchev–Trinajstić information content (AvgIpc) is 3.32. The topological polar surface area (TPSA) is 182 Å². The molecule has 1 saturated heterocycles. The molecule has 6 N–H and O–H groups in total. The molecule has 1 aromatic carbocycles. The minimum absolute atomic E-state index is 0.0455. The summed E-state index contributed by atoms with van der Waals surface area (Å²) in [5, 5.41) is 4.27. The van der Waals surface area contributed by atoms with E-state index in [1.807, 2.05) is 6.92 Å². The van der Waals surface area contributed by atoms with Gasteiger partial charge in [0.15, 0.2) is 26.4 Å². The van der Waals surface area contributed by atoms with E-state index in [9.17, 15) is 8.42 Å². The first-order chi connectivity index (χ1) is 14.3. The Kier molecular flexibility index (Phi) is 3.90. The lowest BCUT2D eigenvalue weighted by molar-refractivity contribution is 0.401. The largest absolute Gasteiger partial charge is 0.424 e. The van der Waals surface area contributed by atoms with E-state index in [2.05, 4.69) is 20.1 Å². The fourth-order valence-corrected chi connectivity index (χ4v) is 6.42. The number of nitrogens with zero attached hydrogens (tertiary/aromatic N) is 5. The number of benzene rings is 1. The van der Waals surface area contributed by atoms with Crippen LogP contribution < -0.4 is 17.2 Å². The van der Waals surface area contributed by atoms with Gasteiger partial charge in [-0.15, -0.1) is 0 Å². The molecule has 0 radical (unpaired) electrons. The number of aromatic nitrogens is 5. The van der Waals surface area contributed by atoms with Crippen LogP contribution >= 0.6 is 0 Å². The normalized spacial score (nSPS) is 21.0. The van der Waals surface area contributed by atoms with E-state index in [1.165, 1.54) is 4.68 Å². The molecule has 5 rings (SSSR count). The predicted octanol–water partition coefficient (Wildman–Crippen LogP) is 1.72. The summed E-state index contributed by atoms with van der Waals surface area (Å²) in [6.07, 6.45) is 1.27. The molecule has 4 aromatic rings. The molecule has 0 bridgehead atoms. The number of hydrogen-bond acceptors (Lipinski definition) is 10. The van der Waals surface area contributed by atoms with Gasteiger partial charge >= 0.3 is 0 Å². The summed E-state index contributed by atoms with van der Waals surface area (Å²) in [7, 11) is -3.40. The first-order valence-electron chi connectivity index (χ1n) is 9.47. The molecule has 4 heterocycles. The minimum Gasteiger partial charge on any atom is -0.424 e. The number of anilines is 3. The van der Waals surface area contributed by atoms with Crippen molar-refractivity contribution < 1.29 is 12.8 Å². The Balaban J connectivity index is 1.81. The van der Waals surface area contributed by atoms with Crippen LogP contribution in [0.15, 0.2) is 22.6 Å². The lowest BCUT2D eigenvalue weighted by Gasteiger charge is -2.18. The Morgan fingerprint density at radius 3 is 2.77 bits per heavy atom. The van der Waals surface area contributed by atoms with Crippen molar-refractivity contribution >= 4 is 49.8 Å². The van der Waals surface area contributed by atoms with Gasteiger partial charge in [-0.3, -0.25) is 0 Å². The summed E-state index contributed by atoms with van der Waals surface area (Å²) < 4.78 is 32.5. The maximum atomic E-state index is 12.9. The second kappa shape index (κ2) is 6.29. The van der Waals surface area contributed by atoms with Crippen LogP contribution in [0.4, 0.5) is 17.8 Å². The van der Waals surface area contributed by atoms with E-state index >= 15 is 0 Å². The Labute approximate surface area is 171 Å². The van der Waals surface area contributed by atoms with Gasteiger partial charge in [0.05, 0.1) is 11.1 Å². The van der Waals surface area contributed by atoms with E-state index in [4.69, 9.17) is 21.6 Å². The van der Waals surface area contributed by atoms with E-state index in [1.54, 1.807) is 18.2 Å². The number of sulfone groups is 1. The molecule has 30 heavy (non-hydrogen) atoms. The third kappa shape index (κ3) is 2.67. The molecule has 156 valence electrons. The third-order valence-electron chi connectivity index (χ3n) is 5.58. The summed E-state index contributed by atoms with van der Waals surface area (Å²) >= 11 is 0. The number of oxazole rings is 1. The molecule has 1 aliphatic rings. The van der Waals surface area contributed by atoms with Crippen LogP contribution in [0.1, 0.15) is 25.1 Å². The Morgan fingerprint density at radius 2 is 2.00 bits per heavy atom. The van der Waals surface area contributed by atoms with Crippen LogP contribution in [0, 0.1) is 5.92 Å². The monoisotopic (exact) mass is 428 g/mol. The number of rotatable bonds is 3. The third-order valence-corrected chi connectivity index (χ3v) is 7.71. The molecule has 1 fully saturated rings. The van der Waals surface area contributed by atoms with Crippen LogP contribution in [-0.2, 0) is 9.84 Å². The van der Waals surface area contributed by atoms with Crippen LogP contribution in [0.2, 0.25) is 0 Å². The first kappa shape index (κ1) is 18.6. The molecule has 1 aliphatic heterocycles. The fraction of sp³-hybridized carbons (Fsp3) is 0.333. The van der Waals surface area contributed by atoms with Gasteiger partial charge in [0, 0.05) is 5.56 Å². The van der Waals surface area contributed by atoms with Crippen LogP contribution in [0.5, 0.6) is 0 Å². The summed E-state index contributed by atoms with van der Waals surface area (Å²) in [4.78, 5) is 12.5. The maximum absolute atomic E-state index is 12.9. The zero-order chi connectivity index (χ0) is 21.2. The van der Waals surface area contributed by atoms with Crippen LogP contribution in [0.25, 0.3) is 33.4 Å². The van der Waals surface area contributed by atoms with Crippen LogP contribution in [-0.4, -0.2) is 38.9 Å². The lowest BCUT2D eigenvalue weighted by atomic mass is 10.0. The summed E-state index contributed by atoms with van der Waals surface area (Å²) in [5.74, 6) is 0.103. The quantitative estimate of drug-likeness (QED) is 0.434. The van der Waals surface area contributed by atoms with Crippen molar-refractivity contribution in [2.24, 2.45) is 5.92 Å². The maximum Gasteiger partial charge on any atom is 0.292 e. The van der Waals surface area contributed by atoms with Crippen molar-refractivity contribution in [3.8, 4) is 11.3 Å². The molecule has 3 aromatic heterocycles. The van der Waals surface area contributed by atoms with Crippen molar-refractivity contribution in [3.63, 3.8) is 0 Å². The standard InChI is InChI=1S/C18H20N8O3S/c1-2-8-5-6-30(27,28)16(8)26-15-12(14(19)23-17(20)24-15)13(25-26)9-3-4-11-10(7-9)22-18(21)29-11/h3-4,7-8,16H,2,5-6H2,1H3,(H2,21,22)(H4,19,20,23,24). The molecule has 11 nitrogen and oxygen atoms in total. The molecule has 0 spiro atoms. The van der Waals surface area contributed by atoms with Gasteiger partial charge in [0.2, 0.25) is 5.95 Å². The summed E-state index contributed by atoms with van der Waals surface area (Å²) in [5.41, 5.74) is 20.1. The first-order valence-corrected chi connectivity index (χ1v) is 11.2. The average molecular weight is 428 g/mol. The molecule has 12 heteroatoms. The Hall–Kier alpha value is -3.41. The van der Waals surface area contributed by atoms with Gasteiger partial charge in [-0.2, -0.15) is 20.1 Å². The van der Waals surface area contributed by atoms with Crippen molar-refractivity contribution in [2.45, 2.75) is 25.1 Å². The molecule has 0 saturated carbocycles. The number of fused-ring (bicyclic) bond motifs is 2. The zero-order valence-corrected chi connectivity index (χ0v) is 16.9. The van der Waals surface area contributed by atoms with Crippen molar-refractivity contribution in [1.29, 1.82) is 0 Å². The van der Waals surface area contributed by atoms with Gasteiger partial charge in [0.1, 0.15) is 17.0 Å². The minimum atomic E-state index is -3.40.